The second-order valence-corrected chi connectivity index (χ2v) is 4.07. The molecular formula is C10H15NO. The van der Waals surface area contributed by atoms with E-state index >= 15 is 0 Å². The van der Waals surface area contributed by atoms with Gasteiger partial charge in [-0.1, -0.05) is 27.4 Å². The second-order valence-electron chi connectivity index (χ2n) is 4.07. The molecule has 1 rings (SSSR count). The standard InChI is InChI=1S/C10H15NO/c1-7(2)8-6-12-9(11-8)10(3,4)5/h6H,1H2,2-5H3. The molecule has 12 heavy (non-hydrogen) atoms. The van der Waals surface area contributed by atoms with Crippen LogP contribution < -0.4 is 0 Å². The van der Waals surface area contributed by atoms with Crippen molar-refractivity contribution in [2.45, 2.75) is 33.1 Å². The van der Waals surface area contributed by atoms with Gasteiger partial charge in [-0.3, -0.25) is 0 Å². The largest absolute Gasteiger partial charge is 0.448 e. The fourth-order valence-electron chi connectivity index (χ4n) is 0.814. The normalized spacial score (nSPS) is 11.7. The summed E-state index contributed by atoms with van der Waals surface area (Å²) in [6.45, 7) is 11.9. The van der Waals surface area contributed by atoms with Crippen LogP contribution in [0.25, 0.3) is 5.57 Å². The third kappa shape index (κ3) is 1.76. The van der Waals surface area contributed by atoms with Gasteiger partial charge in [0, 0.05) is 5.41 Å². The van der Waals surface area contributed by atoms with Crippen molar-refractivity contribution in [3.8, 4) is 0 Å². The van der Waals surface area contributed by atoms with Crippen LogP contribution in [-0.4, -0.2) is 4.98 Å². The highest BCUT2D eigenvalue weighted by Crippen LogP contribution is 2.22. The second kappa shape index (κ2) is 2.77. The fraction of sp³-hybridized carbons (Fsp3) is 0.500. The molecule has 0 bridgehead atoms. The Kier molecular flexibility index (Phi) is 2.09. The predicted molar refractivity (Wildman–Crippen MR) is 49.9 cm³/mol. The van der Waals surface area contributed by atoms with Crippen LogP contribution in [0.4, 0.5) is 0 Å². The van der Waals surface area contributed by atoms with Gasteiger partial charge in [0.15, 0.2) is 5.89 Å². The molecule has 1 aromatic heterocycles. The molecule has 0 atom stereocenters. The van der Waals surface area contributed by atoms with Gasteiger partial charge in [0.05, 0.1) is 0 Å². The molecule has 0 amide bonds. The van der Waals surface area contributed by atoms with Gasteiger partial charge in [-0.05, 0) is 12.5 Å². The van der Waals surface area contributed by atoms with E-state index in [1.54, 1.807) is 6.26 Å². The summed E-state index contributed by atoms with van der Waals surface area (Å²) in [7, 11) is 0. The summed E-state index contributed by atoms with van der Waals surface area (Å²) >= 11 is 0. The molecule has 0 saturated heterocycles. The van der Waals surface area contributed by atoms with Gasteiger partial charge in [-0.25, -0.2) is 4.98 Å². The van der Waals surface area contributed by atoms with Gasteiger partial charge in [0.2, 0.25) is 0 Å². The van der Waals surface area contributed by atoms with Crippen molar-refractivity contribution >= 4 is 5.57 Å². The number of hydrogen-bond donors (Lipinski definition) is 0. The quantitative estimate of drug-likeness (QED) is 0.639. The molecule has 2 heteroatoms. The summed E-state index contributed by atoms with van der Waals surface area (Å²) in [5.41, 5.74) is 1.77. The highest BCUT2D eigenvalue weighted by molar-refractivity contribution is 5.56. The monoisotopic (exact) mass is 165 g/mol. The Morgan fingerprint density at radius 3 is 2.33 bits per heavy atom. The molecular weight excluding hydrogens is 150 g/mol. The molecule has 0 saturated carbocycles. The highest BCUT2D eigenvalue weighted by atomic mass is 16.3. The van der Waals surface area contributed by atoms with E-state index in [0.717, 1.165) is 17.2 Å². The first-order valence-corrected chi connectivity index (χ1v) is 4.03. The van der Waals surface area contributed by atoms with Gasteiger partial charge in [0.1, 0.15) is 12.0 Å². The van der Waals surface area contributed by atoms with Crippen molar-refractivity contribution in [3.63, 3.8) is 0 Å². The number of oxazole rings is 1. The maximum atomic E-state index is 5.32. The SMILES string of the molecule is C=C(C)c1coc(C(C)(C)C)n1. The van der Waals surface area contributed by atoms with Crippen molar-refractivity contribution in [1.82, 2.24) is 4.98 Å². The van der Waals surface area contributed by atoms with Gasteiger partial charge in [-0.2, -0.15) is 0 Å². The number of nitrogens with zero attached hydrogens (tertiary/aromatic N) is 1. The Labute approximate surface area is 73.3 Å². The van der Waals surface area contributed by atoms with E-state index in [1.807, 2.05) is 6.92 Å². The topological polar surface area (TPSA) is 26.0 Å². The summed E-state index contributed by atoms with van der Waals surface area (Å²) in [6.07, 6.45) is 1.66. The minimum Gasteiger partial charge on any atom is -0.448 e. The first kappa shape index (κ1) is 9.04. The Morgan fingerprint density at radius 2 is 2.08 bits per heavy atom. The molecule has 0 aliphatic carbocycles. The lowest BCUT2D eigenvalue weighted by Gasteiger charge is -2.11. The van der Waals surface area contributed by atoms with Gasteiger partial charge in [-0.15, -0.1) is 0 Å². The Hall–Kier alpha value is -1.05. The van der Waals surface area contributed by atoms with E-state index in [-0.39, 0.29) is 5.41 Å². The Bertz CT molecular complexity index is 291. The predicted octanol–water partition coefficient (Wildman–Crippen LogP) is 3.01. The van der Waals surface area contributed by atoms with Crippen molar-refractivity contribution in [1.29, 1.82) is 0 Å². The van der Waals surface area contributed by atoms with E-state index in [9.17, 15) is 0 Å². The highest BCUT2D eigenvalue weighted by Gasteiger charge is 2.19. The maximum absolute atomic E-state index is 5.32. The molecule has 0 N–H and O–H groups in total. The molecule has 0 spiro atoms. The molecule has 0 aliphatic heterocycles. The maximum Gasteiger partial charge on any atom is 0.199 e. The average Bonchev–Trinajstić information content (AvgIpc) is 2.30. The van der Waals surface area contributed by atoms with Crippen LogP contribution in [0.15, 0.2) is 17.3 Å². The third-order valence-corrected chi connectivity index (χ3v) is 1.58. The van der Waals surface area contributed by atoms with Crippen molar-refractivity contribution in [3.05, 3.63) is 24.4 Å². The lowest BCUT2D eigenvalue weighted by atomic mass is 9.97. The van der Waals surface area contributed by atoms with Crippen molar-refractivity contribution in [2.75, 3.05) is 0 Å². The molecule has 0 radical (unpaired) electrons. The Morgan fingerprint density at radius 1 is 1.50 bits per heavy atom. The first-order valence-electron chi connectivity index (χ1n) is 4.03. The molecule has 0 aliphatic rings. The zero-order valence-electron chi connectivity index (χ0n) is 8.14. The van der Waals surface area contributed by atoms with Crippen LogP contribution in [0.2, 0.25) is 0 Å². The molecule has 0 fully saturated rings. The van der Waals surface area contributed by atoms with Crippen molar-refractivity contribution in [2.24, 2.45) is 0 Å². The van der Waals surface area contributed by atoms with E-state index in [4.69, 9.17) is 4.42 Å². The smallest absolute Gasteiger partial charge is 0.199 e. The van der Waals surface area contributed by atoms with Gasteiger partial charge < -0.3 is 4.42 Å². The zero-order valence-corrected chi connectivity index (χ0v) is 8.14. The lowest BCUT2D eigenvalue weighted by molar-refractivity contribution is 0.392. The molecule has 2 nitrogen and oxygen atoms in total. The van der Waals surface area contributed by atoms with Crippen LogP contribution in [0.3, 0.4) is 0 Å². The minimum atomic E-state index is -0.0201. The first-order chi connectivity index (χ1) is 5.41. The molecule has 66 valence electrons. The van der Waals surface area contributed by atoms with Gasteiger partial charge in [0.25, 0.3) is 0 Å². The average molecular weight is 165 g/mol. The van der Waals surface area contributed by atoms with Crippen molar-refractivity contribution < 1.29 is 4.42 Å². The van der Waals surface area contributed by atoms with Gasteiger partial charge >= 0.3 is 0 Å². The lowest BCUT2D eigenvalue weighted by Crippen LogP contribution is -2.11. The number of hydrogen-bond acceptors (Lipinski definition) is 2. The molecule has 1 aromatic rings. The van der Waals surface area contributed by atoms with E-state index in [1.165, 1.54) is 0 Å². The Balaban J connectivity index is 3.00. The van der Waals surface area contributed by atoms with Crippen LogP contribution in [0.5, 0.6) is 0 Å². The number of allylic oxidation sites excluding steroid dienone is 1. The fourth-order valence-corrected chi connectivity index (χ4v) is 0.814. The summed E-state index contributed by atoms with van der Waals surface area (Å²) in [6, 6.07) is 0. The van der Waals surface area contributed by atoms with Crippen LogP contribution in [0.1, 0.15) is 39.3 Å². The minimum absolute atomic E-state index is 0.0201. The van der Waals surface area contributed by atoms with Crippen LogP contribution in [-0.2, 0) is 5.41 Å². The van der Waals surface area contributed by atoms with E-state index in [0.29, 0.717) is 0 Å². The summed E-state index contributed by atoms with van der Waals surface area (Å²) in [5.74, 6) is 0.764. The molecule has 0 aromatic carbocycles. The van der Waals surface area contributed by atoms with Crippen LogP contribution in [0, 0.1) is 0 Å². The van der Waals surface area contributed by atoms with E-state index in [2.05, 4.69) is 32.3 Å². The molecule has 1 heterocycles. The summed E-state index contributed by atoms with van der Waals surface area (Å²) in [5, 5.41) is 0. The van der Waals surface area contributed by atoms with E-state index < -0.39 is 0 Å². The zero-order chi connectivity index (χ0) is 9.35. The summed E-state index contributed by atoms with van der Waals surface area (Å²) < 4.78 is 5.32. The number of aromatic nitrogens is 1. The molecule has 0 unspecified atom stereocenters. The number of rotatable bonds is 1. The van der Waals surface area contributed by atoms with Crippen LogP contribution >= 0.6 is 0 Å². The third-order valence-electron chi connectivity index (χ3n) is 1.58. The summed E-state index contributed by atoms with van der Waals surface area (Å²) in [4.78, 5) is 4.31.